The van der Waals surface area contributed by atoms with Gasteiger partial charge in [-0.1, -0.05) is 30.3 Å². The van der Waals surface area contributed by atoms with Gasteiger partial charge in [-0.25, -0.2) is 5.43 Å². The first-order chi connectivity index (χ1) is 11.2. The second-order valence-electron chi connectivity index (χ2n) is 5.29. The molecule has 0 aliphatic carbocycles. The number of aryl methyl sites for hydroxylation is 1. The van der Waals surface area contributed by atoms with Crippen molar-refractivity contribution in [3.63, 3.8) is 0 Å². The molecule has 2 aromatic carbocycles. The summed E-state index contributed by atoms with van der Waals surface area (Å²) in [5.41, 5.74) is 5.34. The van der Waals surface area contributed by atoms with Gasteiger partial charge in [0.05, 0.1) is 5.71 Å². The van der Waals surface area contributed by atoms with Gasteiger partial charge in [0.2, 0.25) is 12.7 Å². The summed E-state index contributed by atoms with van der Waals surface area (Å²) in [6, 6.07) is 15.5. The van der Waals surface area contributed by atoms with Crippen LogP contribution in [0.3, 0.4) is 0 Å². The first-order valence-corrected chi connectivity index (χ1v) is 7.49. The van der Waals surface area contributed by atoms with Crippen LogP contribution in [0.2, 0.25) is 0 Å². The molecule has 1 heterocycles. The zero-order valence-corrected chi connectivity index (χ0v) is 12.9. The Morgan fingerprint density at radius 3 is 2.74 bits per heavy atom. The minimum Gasteiger partial charge on any atom is -0.454 e. The largest absolute Gasteiger partial charge is 0.454 e. The number of hydrogen-bond acceptors (Lipinski definition) is 4. The molecule has 1 amide bonds. The highest BCUT2D eigenvalue weighted by Gasteiger charge is 2.14. The number of ether oxygens (including phenoxy) is 2. The second kappa shape index (κ2) is 6.96. The third-order valence-electron chi connectivity index (χ3n) is 3.62. The van der Waals surface area contributed by atoms with Crippen LogP contribution in [0.25, 0.3) is 0 Å². The van der Waals surface area contributed by atoms with Gasteiger partial charge in [-0.15, -0.1) is 0 Å². The summed E-state index contributed by atoms with van der Waals surface area (Å²) in [4.78, 5) is 11.9. The number of nitrogens with one attached hydrogen (secondary N) is 1. The van der Waals surface area contributed by atoms with Crippen molar-refractivity contribution in [3.05, 3.63) is 59.7 Å². The Balaban J connectivity index is 1.55. The summed E-state index contributed by atoms with van der Waals surface area (Å²) in [5, 5.41) is 4.15. The molecule has 5 heteroatoms. The Morgan fingerprint density at radius 1 is 1.13 bits per heavy atom. The predicted molar refractivity (Wildman–Crippen MR) is 87.7 cm³/mol. The first kappa shape index (κ1) is 15.1. The molecule has 0 radical (unpaired) electrons. The van der Waals surface area contributed by atoms with Crippen molar-refractivity contribution in [1.82, 2.24) is 5.43 Å². The van der Waals surface area contributed by atoms with Crippen LogP contribution in [0.5, 0.6) is 11.5 Å². The van der Waals surface area contributed by atoms with Crippen molar-refractivity contribution in [2.24, 2.45) is 5.10 Å². The number of benzene rings is 2. The summed E-state index contributed by atoms with van der Waals surface area (Å²) >= 11 is 0. The zero-order valence-electron chi connectivity index (χ0n) is 12.9. The van der Waals surface area contributed by atoms with Gasteiger partial charge in [0.15, 0.2) is 11.5 Å². The average molecular weight is 310 g/mol. The molecule has 0 atom stereocenters. The first-order valence-electron chi connectivity index (χ1n) is 7.49. The Labute approximate surface area is 134 Å². The molecular formula is C18H18N2O3. The molecule has 5 nitrogen and oxygen atoms in total. The van der Waals surface area contributed by atoms with Gasteiger partial charge in [-0.05, 0) is 37.1 Å². The lowest BCUT2D eigenvalue weighted by Gasteiger charge is -2.04. The highest BCUT2D eigenvalue weighted by molar-refractivity contribution is 5.99. The second-order valence-corrected chi connectivity index (χ2v) is 5.29. The molecule has 23 heavy (non-hydrogen) atoms. The summed E-state index contributed by atoms with van der Waals surface area (Å²) in [6.07, 6.45) is 1.10. The van der Waals surface area contributed by atoms with Gasteiger partial charge in [-0.2, -0.15) is 5.10 Å². The standard InChI is InChI=1S/C18H18N2O3/c1-13(15-8-9-16-17(11-15)23-12-22-16)19-20-18(21)10-7-14-5-3-2-4-6-14/h2-6,8-9,11H,7,10,12H2,1H3,(H,20,21). The van der Waals surface area contributed by atoms with Crippen LogP contribution in [0.15, 0.2) is 53.6 Å². The predicted octanol–water partition coefficient (Wildman–Crippen LogP) is 2.89. The molecular weight excluding hydrogens is 292 g/mol. The Hall–Kier alpha value is -2.82. The van der Waals surface area contributed by atoms with Crippen LogP contribution in [0, 0.1) is 0 Å². The molecule has 1 aliphatic heterocycles. The molecule has 1 aliphatic rings. The van der Waals surface area contributed by atoms with Crippen LogP contribution in [-0.4, -0.2) is 18.4 Å². The fraction of sp³-hybridized carbons (Fsp3) is 0.222. The molecule has 0 spiro atoms. The minimum absolute atomic E-state index is 0.103. The lowest BCUT2D eigenvalue weighted by molar-refractivity contribution is -0.121. The maximum Gasteiger partial charge on any atom is 0.240 e. The molecule has 2 aromatic rings. The molecule has 0 aromatic heterocycles. The number of carbonyl (C=O) groups is 1. The SMILES string of the molecule is CC(=NNC(=O)CCc1ccccc1)c1ccc2c(c1)OCO2. The van der Waals surface area contributed by atoms with Crippen molar-refractivity contribution in [2.75, 3.05) is 6.79 Å². The summed E-state index contributed by atoms with van der Waals surface area (Å²) in [7, 11) is 0. The fourth-order valence-electron chi connectivity index (χ4n) is 2.29. The van der Waals surface area contributed by atoms with Gasteiger partial charge in [-0.3, -0.25) is 4.79 Å². The van der Waals surface area contributed by atoms with Gasteiger partial charge in [0.25, 0.3) is 0 Å². The molecule has 0 saturated carbocycles. The van der Waals surface area contributed by atoms with E-state index in [-0.39, 0.29) is 12.7 Å². The van der Waals surface area contributed by atoms with Crippen molar-refractivity contribution in [1.29, 1.82) is 0 Å². The number of carbonyl (C=O) groups excluding carboxylic acids is 1. The average Bonchev–Trinajstić information content (AvgIpc) is 3.06. The van der Waals surface area contributed by atoms with Gasteiger partial charge in [0, 0.05) is 12.0 Å². The van der Waals surface area contributed by atoms with E-state index in [1.165, 1.54) is 0 Å². The van der Waals surface area contributed by atoms with Gasteiger partial charge < -0.3 is 9.47 Å². The van der Waals surface area contributed by atoms with Gasteiger partial charge >= 0.3 is 0 Å². The molecule has 0 fully saturated rings. The Morgan fingerprint density at radius 2 is 1.91 bits per heavy atom. The van der Waals surface area contributed by atoms with Crippen LogP contribution >= 0.6 is 0 Å². The number of rotatable bonds is 5. The maximum absolute atomic E-state index is 11.9. The lowest BCUT2D eigenvalue weighted by atomic mass is 10.1. The highest BCUT2D eigenvalue weighted by atomic mass is 16.7. The Bertz CT molecular complexity index is 726. The van der Waals surface area contributed by atoms with E-state index < -0.39 is 0 Å². The smallest absolute Gasteiger partial charge is 0.240 e. The van der Waals surface area contributed by atoms with E-state index in [0.29, 0.717) is 18.6 Å². The van der Waals surface area contributed by atoms with Crippen LogP contribution in [-0.2, 0) is 11.2 Å². The molecule has 0 saturated heterocycles. The van der Waals surface area contributed by atoms with E-state index in [1.807, 2.05) is 55.5 Å². The third-order valence-corrected chi connectivity index (χ3v) is 3.62. The summed E-state index contributed by atoms with van der Waals surface area (Å²) in [6.45, 7) is 2.08. The number of amides is 1. The normalized spacial score (nSPS) is 13.0. The molecule has 118 valence electrons. The van der Waals surface area contributed by atoms with Crippen molar-refractivity contribution in [2.45, 2.75) is 19.8 Å². The van der Waals surface area contributed by atoms with E-state index in [9.17, 15) is 4.79 Å². The van der Waals surface area contributed by atoms with Crippen LogP contribution in [0.4, 0.5) is 0 Å². The number of hydrazone groups is 1. The number of nitrogens with zero attached hydrogens (tertiary/aromatic N) is 1. The lowest BCUT2D eigenvalue weighted by Crippen LogP contribution is -2.19. The summed E-state index contributed by atoms with van der Waals surface area (Å²) in [5.74, 6) is 1.33. The molecule has 0 unspecified atom stereocenters. The molecule has 3 rings (SSSR count). The van der Waals surface area contributed by atoms with E-state index in [0.717, 1.165) is 22.6 Å². The fourth-order valence-corrected chi connectivity index (χ4v) is 2.29. The highest BCUT2D eigenvalue weighted by Crippen LogP contribution is 2.32. The van der Waals surface area contributed by atoms with Gasteiger partial charge in [0.1, 0.15) is 0 Å². The number of hydrogen-bond donors (Lipinski definition) is 1. The maximum atomic E-state index is 11.9. The van der Waals surface area contributed by atoms with Crippen molar-refractivity contribution < 1.29 is 14.3 Å². The van der Waals surface area contributed by atoms with E-state index in [2.05, 4.69) is 10.5 Å². The zero-order chi connectivity index (χ0) is 16.1. The van der Waals surface area contributed by atoms with E-state index in [4.69, 9.17) is 9.47 Å². The topological polar surface area (TPSA) is 59.9 Å². The van der Waals surface area contributed by atoms with E-state index >= 15 is 0 Å². The molecule has 0 bridgehead atoms. The number of fused-ring (bicyclic) bond motifs is 1. The Kier molecular flexibility index (Phi) is 4.57. The van der Waals surface area contributed by atoms with Crippen molar-refractivity contribution >= 4 is 11.6 Å². The third kappa shape index (κ3) is 3.88. The summed E-state index contributed by atoms with van der Waals surface area (Å²) < 4.78 is 10.6. The molecule has 1 N–H and O–H groups in total. The minimum atomic E-state index is -0.103. The quantitative estimate of drug-likeness (QED) is 0.682. The van der Waals surface area contributed by atoms with Crippen molar-refractivity contribution in [3.8, 4) is 11.5 Å². The van der Waals surface area contributed by atoms with Crippen LogP contribution in [0.1, 0.15) is 24.5 Å². The van der Waals surface area contributed by atoms with Crippen LogP contribution < -0.4 is 14.9 Å². The van der Waals surface area contributed by atoms with E-state index in [1.54, 1.807) is 0 Å². The monoisotopic (exact) mass is 310 g/mol.